The lowest BCUT2D eigenvalue weighted by Crippen LogP contribution is -2.55. The number of benzene rings is 1. The van der Waals surface area contributed by atoms with E-state index in [0.29, 0.717) is 17.2 Å². The van der Waals surface area contributed by atoms with Crippen LogP contribution in [0, 0.1) is 0 Å². The van der Waals surface area contributed by atoms with E-state index >= 15 is 0 Å². The van der Waals surface area contributed by atoms with Gasteiger partial charge in [-0.15, -0.1) is 5.06 Å². The Balaban J connectivity index is 1.72. The van der Waals surface area contributed by atoms with Crippen LogP contribution < -0.4 is 10.6 Å². The van der Waals surface area contributed by atoms with Gasteiger partial charge < -0.3 is 30.2 Å². The Bertz CT molecular complexity index is 1110. The molecule has 1 saturated heterocycles. The molecule has 1 aromatic heterocycles. The van der Waals surface area contributed by atoms with Crippen molar-refractivity contribution < 1.29 is 33.9 Å². The smallest absolute Gasteiger partial charge is 0.481 e. The molecule has 1 aliphatic rings. The molecule has 13 heteroatoms. The zero-order chi connectivity index (χ0) is 26.8. The Morgan fingerprint density at radius 1 is 1.08 bits per heavy atom. The normalized spacial score (nSPS) is 14.4. The van der Waals surface area contributed by atoms with Crippen LogP contribution in [0.5, 0.6) is 0 Å². The summed E-state index contributed by atoms with van der Waals surface area (Å²) >= 11 is 0. The highest BCUT2D eigenvalue weighted by molar-refractivity contribution is 5.97. The second-order valence-electron chi connectivity index (χ2n) is 8.07. The van der Waals surface area contributed by atoms with E-state index in [-0.39, 0.29) is 51.3 Å². The van der Waals surface area contributed by atoms with Gasteiger partial charge in [0.15, 0.2) is 5.82 Å². The molecule has 198 valence electrons. The molecule has 37 heavy (non-hydrogen) atoms. The van der Waals surface area contributed by atoms with Gasteiger partial charge in [-0.2, -0.15) is 0 Å². The Morgan fingerprint density at radius 2 is 1.78 bits per heavy atom. The van der Waals surface area contributed by atoms with Gasteiger partial charge in [-0.1, -0.05) is 30.3 Å². The van der Waals surface area contributed by atoms with Crippen molar-refractivity contribution in [3.63, 3.8) is 0 Å². The second-order valence-corrected chi connectivity index (χ2v) is 8.07. The van der Waals surface area contributed by atoms with E-state index in [2.05, 4.69) is 20.6 Å². The standard InChI is InChI=1S/C24H30N6O7/c1-3-36-24(35)37-30-13-11-29(12-14-30)23(34)17(9-10-20(31)32)27-22(33)18-15-19(25-2)28-21(26-18)16-7-5-4-6-8-16/h4-8,15,17H,3,9-14H2,1-2H3,(H,27,33)(H,31,32)(H,25,26,28)/t17-/m0/s1. The number of hydrogen-bond acceptors (Lipinski definition) is 10. The highest BCUT2D eigenvalue weighted by Gasteiger charge is 2.31. The van der Waals surface area contributed by atoms with Gasteiger partial charge in [0.25, 0.3) is 5.91 Å². The van der Waals surface area contributed by atoms with Crippen LogP contribution >= 0.6 is 0 Å². The summed E-state index contributed by atoms with van der Waals surface area (Å²) in [5, 5.41) is 16.1. The minimum Gasteiger partial charge on any atom is -0.481 e. The fraction of sp³-hybridized carbons (Fsp3) is 0.417. The van der Waals surface area contributed by atoms with Crippen molar-refractivity contribution >= 4 is 29.8 Å². The van der Waals surface area contributed by atoms with Crippen molar-refractivity contribution in [1.29, 1.82) is 0 Å². The van der Waals surface area contributed by atoms with Crippen molar-refractivity contribution in [2.75, 3.05) is 45.2 Å². The Labute approximate surface area is 213 Å². The van der Waals surface area contributed by atoms with Gasteiger partial charge in [-0.05, 0) is 13.3 Å². The van der Waals surface area contributed by atoms with Crippen LogP contribution in [0.4, 0.5) is 10.6 Å². The molecule has 1 aliphatic heterocycles. The predicted molar refractivity (Wildman–Crippen MR) is 131 cm³/mol. The number of aromatic nitrogens is 2. The first-order valence-electron chi connectivity index (χ1n) is 11.8. The summed E-state index contributed by atoms with van der Waals surface area (Å²) in [7, 11) is 1.66. The van der Waals surface area contributed by atoms with Gasteiger partial charge in [-0.3, -0.25) is 14.4 Å². The van der Waals surface area contributed by atoms with Gasteiger partial charge >= 0.3 is 12.1 Å². The monoisotopic (exact) mass is 514 g/mol. The molecule has 1 atom stereocenters. The minimum atomic E-state index is -1.09. The molecule has 2 heterocycles. The Kier molecular flexibility index (Phi) is 9.72. The summed E-state index contributed by atoms with van der Waals surface area (Å²) in [5.74, 6) is -1.43. The SMILES string of the molecule is CCOC(=O)ON1CCN(C(=O)[C@H](CCC(=O)O)NC(=O)c2cc(NC)nc(-c3ccccc3)n2)CC1. The number of carboxylic acids is 1. The number of amides is 2. The van der Waals surface area contributed by atoms with Crippen LogP contribution in [0.15, 0.2) is 36.4 Å². The van der Waals surface area contributed by atoms with Crippen molar-refractivity contribution in [2.45, 2.75) is 25.8 Å². The number of aliphatic carboxylic acids is 1. The third-order valence-corrected chi connectivity index (χ3v) is 5.51. The third-order valence-electron chi connectivity index (χ3n) is 5.51. The number of hydrogen-bond donors (Lipinski definition) is 3. The maximum Gasteiger partial charge on any atom is 0.527 e. The fourth-order valence-electron chi connectivity index (χ4n) is 3.64. The number of hydroxylamine groups is 2. The average molecular weight is 515 g/mol. The van der Waals surface area contributed by atoms with Crippen molar-refractivity contribution in [2.24, 2.45) is 0 Å². The van der Waals surface area contributed by atoms with Crippen LogP contribution in [-0.4, -0.2) is 94.9 Å². The molecule has 0 aliphatic carbocycles. The van der Waals surface area contributed by atoms with Gasteiger partial charge in [0, 0.05) is 38.2 Å². The average Bonchev–Trinajstić information content (AvgIpc) is 2.91. The topological polar surface area (TPSA) is 163 Å². The van der Waals surface area contributed by atoms with E-state index in [1.165, 1.54) is 16.0 Å². The van der Waals surface area contributed by atoms with Crippen molar-refractivity contribution in [3.05, 3.63) is 42.1 Å². The number of carbonyl (C=O) groups is 4. The van der Waals surface area contributed by atoms with Gasteiger partial charge in [-0.25, -0.2) is 14.8 Å². The van der Waals surface area contributed by atoms with E-state index in [9.17, 15) is 19.2 Å². The molecule has 1 fully saturated rings. The molecule has 0 spiro atoms. The Hall–Kier alpha value is -4.26. The molecule has 0 bridgehead atoms. The number of nitrogens with zero attached hydrogens (tertiary/aromatic N) is 4. The van der Waals surface area contributed by atoms with Gasteiger partial charge in [0.1, 0.15) is 17.6 Å². The molecule has 2 amide bonds. The number of carbonyl (C=O) groups excluding carboxylic acids is 3. The molecular weight excluding hydrogens is 484 g/mol. The molecule has 0 radical (unpaired) electrons. The van der Waals surface area contributed by atoms with E-state index in [4.69, 9.17) is 14.7 Å². The molecule has 2 aromatic rings. The largest absolute Gasteiger partial charge is 0.527 e. The van der Waals surface area contributed by atoms with Crippen molar-refractivity contribution in [1.82, 2.24) is 25.2 Å². The molecule has 13 nitrogen and oxygen atoms in total. The summed E-state index contributed by atoms with van der Waals surface area (Å²) in [6.07, 6.45) is -1.24. The van der Waals surface area contributed by atoms with Crippen LogP contribution in [0.25, 0.3) is 11.4 Å². The number of carboxylic acid groups (broad SMARTS) is 1. The molecule has 3 rings (SSSR count). The van der Waals surface area contributed by atoms with Crippen LogP contribution in [0.1, 0.15) is 30.3 Å². The first-order valence-corrected chi connectivity index (χ1v) is 11.8. The number of anilines is 1. The number of ether oxygens (including phenoxy) is 1. The maximum atomic E-state index is 13.2. The van der Waals surface area contributed by atoms with Gasteiger partial charge in [0.05, 0.1) is 19.7 Å². The van der Waals surface area contributed by atoms with Gasteiger partial charge in [0.2, 0.25) is 5.91 Å². The predicted octanol–water partition coefficient (Wildman–Crippen LogP) is 1.38. The van der Waals surface area contributed by atoms with Crippen LogP contribution in [0.2, 0.25) is 0 Å². The van der Waals surface area contributed by atoms with E-state index in [1.807, 2.05) is 18.2 Å². The highest BCUT2D eigenvalue weighted by Crippen LogP contribution is 2.18. The summed E-state index contributed by atoms with van der Waals surface area (Å²) in [6, 6.07) is 9.47. The summed E-state index contributed by atoms with van der Waals surface area (Å²) < 4.78 is 4.75. The molecule has 0 unspecified atom stereocenters. The molecule has 1 aromatic carbocycles. The zero-order valence-corrected chi connectivity index (χ0v) is 20.7. The maximum absolute atomic E-state index is 13.2. The van der Waals surface area contributed by atoms with E-state index in [1.54, 1.807) is 26.1 Å². The summed E-state index contributed by atoms with van der Waals surface area (Å²) in [6.45, 7) is 2.74. The summed E-state index contributed by atoms with van der Waals surface area (Å²) in [4.78, 5) is 64.4. The molecule has 3 N–H and O–H groups in total. The number of piperazine rings is 1. The zero-order valence-electron chi connectivity index (χ0n) is 20.7. The molecular formula is C24H30N6O7. The summed E-state index contributed by atoms with van der Waals surface area (Å²) in [5.41, 5.74) is 0.731. The minimum absolute atomic E-state index is 0.0268. The lowest BCUT2D eigenvalue weighted by atomic mass is 10.1. The fourth-order valence-corrected chi connectivity index (χ4v) is 3.64. The number of rotatable bonds is 10. The lowest BCUT2D eigenvalue weighted by Gasteiger charge is -2.35. The number of nitrogens with one attached hydrogen (secondary N) is 2. The lowest BCUT2D eigenvalue weighted by molar-refractivity contribution is -0.157. The van der Waals surface area contributed by atoms with Crippen LogP contribution in [-0.2, 0) is 19.2 Å². The van der Waals surface area contributed by atoms with E-state index < -0.39 is 30.0 Å². The third kappa shape index (κ3) is 7.87. The first kappa shape index (κ1) is 27.3. The van der Waals surface area contributed by atoms with Crippen LogP contribution in [0.3, 0.4) is 0 Å². The quantitative estimate of drug-likeness (QED) is 0.393. The molecule has 0 saturated carbocycles. The van der Waals surface area contributed by atoms with E-state index in [0.717, 1.165) is 0 Å². The highest BCUT2D eigenvalue weighted by atomic mass is 16.8. The Morgan fingerprint density at radius 3 is 2.41 bits per heavy atom. The van der Waals surface area contributed by atoms with Crippen molar-refractivity contribution in [3.8, 4) is 11.4 Å². The second kappa shape index (κ2) is 13.2. The first-order chi connectivity index (χ1) is 17.8.